The first-order valence-corrected chi connectivity index (χ1v) is 9.04. The van der Waals surface area contributed by atoms with E-state index in [1.165, 1.54) is 0 Å². The second kappa shape index (κ2) is 7.02. The maximum atomic E-state index is 12.6. The van der Waals surface area contributed by atoms with Crippen molar-refractivity contribution in [1.82, 2.24) is 15.1 Å². The van der Waals surface area contributed by atoms with Crippen LogP contribution >= 0.6 is 12.4 Å². The summed E-state index contributed by atoms with van der Waals surface area (Å²) in [6.07, 6.45) is 6.85. The summed E-state index contributed by atoms with van der Waals surface area (Å²) < 4.78 is 26.7. The number of nitrogens with zero attached hydrogens (tertiary/aromatic N) is 3. The van der Waals surface area contributed by atoms with Crippen LogP contribution in [0.2, 0.25) is 0 Å². The number of carbonyl (C=O) groups is 1. The zero-order chi connectivity index (χ0) is 15.7. The average molecular weight is 361 g/mol. The van der Waals surface area contributed by atoms with Crippen molar-refractivity contribution >= 4 is 34.2 Å². The zero-order valence-corrected chi connectivity index (χ0v) is 14.6. The van der Waals surface area contributed by atoms with Crippen LogP contribution < -0.4 is 5.32 Å². The smallest absolute Gasteiger partial charge is 0.256 e. The number of hydrogen-bond donors (Lipinski definition) is 1. The Hall–Kier alpha value is -1.38. The van der Waals surface area contributed by atoms with Crippen molar-refractivity contribution < 1.29 is 13.2 Å². The van der Waals surface area contributed by atoms with Gasteiger partial charge >= 0.3 is 0 Å². The summed E-state index contributed by atoms with van der Waals surface area (Å²) in [6.45, 7) is 2.19. The van der Waals surface area contributed by atoms with Crippen molar-refractivity contribution in [3.63, 3.8) is 0 Å². The lowest BCUT2D eigenvalue weighted by Crippen LogP contribution is -2.45. The number of amides is 1. The Kier molecular flexibility index (Phi) is 5.49. The SMILES string of the molecule is CN(C(=O)C1=CN2CCS(=O)(=O)N=C2C=C1)C1CCNCC1.Cl. The summed E-state index contributed by atoms with van der Waals surface area (Å²) >= 11 is 0. The quantitative estimate of drug-likeness (QED) is 0.756. The number of carbonyl (C=O) groups excluding carboxylic acids is 1. The van der Waals surface area contributed by atoms with Gasteiger partial charge in [-0.3, -0.25) is 4.79 Å². The third kappa shape index (κ3) is 3.94. The molecule has 0 aliphatic carbocycles. The molecule has 0 atom stereocenters. The molecule has 1 fully saturated rings. The molecule has 0 radical (unpaired) electrons. The predicted molar refractivity (Wildman–Crippen MR) is 91.1 cm³/mol. The molecule has 0 unspecified atom stereocenters. The molecule has 128 valence electrons. The van der Waals surface area contributed by atoms with Gasteiger partial charge in [0, 0.05) is 25.8 Å². The van der Waals surface area contributed by atoms with Crippen molar-refractivity contribution in [2.45, 2.75) is 18.9 Å². The summed E-state index contributed by atoms with van der Waals surface area (Å²) in [5.74, 6) is 0.329. The van der Waals surface area contributed by atoms with Gasteiger partial charge in [0.1, 0.15) is 5.84 Å². The summed E-state index contributed by atoms with van der Waals surface area (Å²) in [4.78, 5) is 16.1. The van der Waals surface area contributed by atoms with E-state index in [4.69, 9.17) is 0 Å². The maximum Gasteiger partial charge on any atom is 0.256 e. The molecule has 0 saturated carbocycles. The Balaban J connectivity index is 0.00000192. The van der Waals surface area contributed by atoms with Crippen LogP contribution in [0.15, 0.2) is 28.3 Å². The minimum absolute atomic E-state index is 0. The summed E-state index contributed by atoms with van der Waals surface area (Å²) in [5.41, 5.74) is 0.569. The van der Waals surface area contributed by atoms with Crippen LogP contribution in [0.1, 0.15) is 12.8 Å². The van der Waals surface area contributed by atoms with Gasteiger partial charge in [-0.15, -0.1) is 16.8 Å². The van der Waals surface area contributed by atoms with Crippen LogP contribution in [-0.4, -0.2) is 68.4 Å². The second-order valence-corrected chi connectivity index (χ2v) is 7.50. The molecule has 3 aliphatic heterocycles. The number of fused-ring (bicyclic) bond motifs is 1. The molecular formula is C14H21ClN4O3S. The van der Waals surface area contributed by atoms with Crippen molar-refractivity contribution in [1.29, 1.82) is 0 Å². The molecule has 3 rings (SSSR count). The highest BCUT2D eigenvalue weighted by molar-refractivity contribution is 7.90. The number of rotatable bonds is 2. The van der Waals surface area contributed by atoms with Crippen molar-refractivity contribution in [2.75, 3.05) is 32.4 Å². The average Bonchev–Trinajstić information content (AvgIpc) is 2.53. The number of amidine groups is 1. The first-order valence-electron chi connectivity index (χ1n) is 7.43. The molecule has 0 spiro atoms. The van der Waals surface area contributed by atoms with E-state index in [0.717, 1.165) is 25.9 Å². The molecule has 1 saturated heterocycles. The van der Waals surface area contributed by atoms with Gasteiger partial charge in [-0.05, 0) is 38.1 Å². The molecule has 3 heterocycles. The molecule has 0 bridgehead atoms. The standard InChI is InChI=1S/C14H20N4O3S.ClH/c1-17(12-4-6-15-7-5-12)14(19)11-2-3-13-16-22(20,21)9-8-18(13)10-11;/h2-3,10,12,15H,4-9H2,1H3;1H. The maximum absolute atomic E-state index is 12.6. The van der Waals surface area contributed by atoms with E-state index in [0.29, 0.717) is 18.0 Å². The molecule has 7 nitrogen and oxygen atoms in total. The largest absolute Gasteiger partial charge is 0.339 e. The zero-order valence-electron chi connectivity index (χ0n) is 12.9. The fourth-order valence-electron chi connectivity index (χ4n) is 2.89. The van der Waals surface area contributed by atoms with Crippen molar-refractivity contribution in [3.8, 4) is 0 Å². The number of hydrogen-bond acceptors (Lipinski definition) is 5. The molecule has 23 heavy (non-hydrogen) atoms. The van der Waals surface area contributed by atoms with Crippen LogP contribution in [0.5, 0.6) is 0 Å². The van der Waals surface area contributed by atoms with E-state index in [1.807, 2.05) is 7.05 Å². The molecular weight excluding hydrogens is 340 g/mol. The lowest BCUT2D eigenvalue weighted by molar-refractivity contribution is -0.128. The lowest BCUT2D eigenvalue weighted by atomic mass is 10.0. The molecule has 9 heteroatoms. The van der Waals surface area contributed by atoms with E-state index in [1.54, 1.807) is 28.2 Å². The highest BCUT2D eigenvalue weighted by Crippen LogP contribution is 2.19. The van der Waals surface area contributed by atoms with Gasteiger partial charge in [0.15, 0.2) is 0 Å². The fourth-order valence-corrected chi connectivity index (χ4v) is 3.86. The number of sulfonamides is 1. The molecule has 3 aliphatic rings. The Morgan fingerprint density at radius 1 is 1.35 bits per heavy atom. The topological polar surface area (TPSA) is 82.1 Å². The minimum Gasteiger partial charge on any atom is -0.339 e. The number of likely N-dealkylation sites (N-methyl/N-ethyl adjacent to an activating group) is 1. The van der Waals surface area contributed by atoms with Crippen LogP contribution in [0.4, 0.5) is 0 Å². The molecule has 1 amide bonds. The highest BCUT2D eigenvalue weighted by atomic mass is 35.5. The van der Waals surface area contributed by atoms with Gasteiger partial charge in [0.05, 0.1) is 11.3 Å². The third-order valence-corrected chi connectivity index (χ3v) is 5.41. The van der Waals surface area contributed by atoms with Gasteiger partial charge in [0.2, 0.25) is 0 Å². The van der Waals surface area contributed by atoms with Gasteiger partial charge in [-0.25, -0.2) is 8.42 Å². The van der Waals surface area contributed by atoms with Crippen molar-refractivity contribution in [2.24, 2.45) is 4.40 Å². The van der Waals surface area contributed by atoms with Gasteiger partial charge in [0.25, 0.3) is 15.9 Å². The molecule has 0 aromatic rings. The number of nitrogens with one attached hydrogen (secondary N) is 1. The number of halogens is 1. The van der Waals surface area contributed by atoms with E-state index in [9.17, 15) is 13.2 Å². The highest BCUT2D eigenvalue weighted by Gasteiger charge is 2.28. The van der Waals surface area contributed by atoms with Crippen LogP contribution in [0.25, 0.3) is 0 Å². The summed E-state index contributed by atoms with van der Waals surface area (Å²) in [7, 11) is -1.53. The normalized spacial score (nSPS) is 23.3. The Bertz CT molecular complexity index is 666. The van der Waals surface area contributed by atoms with Crippen LogP contribution in [0, 0.1) is 0 Å². The molecule has 1 N–H and O–H groups in total. The van der Waals surface area contributed by atoms with Crippen molar-refractivity contribution in [3.05, 3.63) is 23.9 Å². The lowest BCUT2D eigenvalue weighted by Gasteiger charge is -2.33. The second-order valence-electron chi connectivity index (χ2n) is 5.74. The van der Waals surface area contributed by atoms with E-state index in [-0.39, 0.29) is 30.1 Å². The first-order chi connectivity index (χ1) is 10.5. The number of piperidine rings is 1. The van der Waals surface area contributed by atoms with Crippen LogP contribution in [0.3, 0.4) is 0 Å². The summed E-state index contributed by atoms with van der Waals surface area (Å²) in [5, 5.41) is 3.29. The predicted octanol–water partition coefficient (Wildman–Crippen LogP) is 0.116. The van der Waals surface area contributed by atoms with E-state index >= 15 is 0 Å². The van der Waals surface area contributed by atoms with Gasteiger partial charge in [-0.2, -0.15) is 0 Å². The molecule has 0 aromatic carbocycles. The minimum atomic E-state index is -3.36. The Labute approximate surface area is 142 Å². The third-order valence-electron chi connectivity index (χ3n) is 4.25. The van der Waals surface area contributed by atoms with E-state index in [2.05, 4.69) is 9.71 Å². The summed E-state index contributed by atoms with van der Waals surface area (Å²) in [6, 6.07) is 0.250. The van der Waals surface area contributed by atoms with Crippen LogP contribution in [-0.2, 0) is 14.8 Å². The van der Waals surface area contributed by atoms with Gasteiger partial charge in [-0.1, -0.05) is 0 Å². The first kappa shape index (κ1) is 18.0. The Morgan fingerprint density at radius 2 is 2.04 bits per heavy atom. The van der Waals surface area contributed by atoms with Gasteiger partial charge < -0.3 is 15.1 Å². The fraction of sp³-hybridized carbons (Fsp3) is 0.571. The monoisotopic (exact) mass is 360 g/mol. The molecule has 0 aromatic heterocycles. The Morgan fingerprint density at radius 3 is 2.74 bits per heavy atom. The van der Waals surface area contributed by atoms with E-state index < -0.39 is 10.0 Å².